The first-order valence-electron chi connectivity index (χ1n) is 6.69. The van der Waals surface area contributed by atoms with Gasteiger partial charge in [0.05, 0.1) is 10.9 Å². The number of hydrogen-bond donors (Lipinski definition) is 3. The van der Waals surface area contributed by atoms with Crippen LogP contribution in [0.25, 0.3) is 0 Å². The van der Waals surface area contributed by atoms with Gasteiger partial charge in [-0.05, 0) is 70.5 Å². The van der Waals surface area contributed by atoms with Gasteiger partial charge < -0.3 is 15.7 Å². The summed E-state index contributed by atoms with van der Waals surface area (Å²) < 4.78 is 0.551. The lowest BCUT2D eigenvalue weighted by Crippen LogP contribution is -2.35. The molecule has 2 aromatic carbocycles. The van der Waals surface area contributed by atoms with E-state index in [1.54, 1.807) is 43.3 Å². The van der Waals surface area contributed by atoms with Crippen LogP contribution in [0, 0.1) is 6.92 Å². The van der Waals surface area contributed by atoms with Gasteiger partial charge in [0.25, 0.3) is 0 Å². The van der Waals surface area contributed by atoms with E-state index in [1.807, 2.05) is 0 Å². The summed E-state index contributed by atoms with van der Waals surface area (Å²) in [6.45, 7) is 1.77. The Bertz CT molecular complexity index is 727. The summed E-state index contributed by atoms with van der Waals surface area (Å²) in [5.41, 5.74) is 2.21. The third-order valence-corrected chi connectivity index (χ3v) is 4.10. The van der Waals surface area contributed by atoms with Crippen molar-refractivity contribution in [3.05, 3.63) is 57.0 Å². The van der Waals surface area contributed by atoms with E-state index < -0.39 is 0 Å². The molecule has 0 aromatic heterocycles. The van der Waals surface area contributed by atoms with Crippen molar-refractivity contribution in [3.8, 4) is 5.75 Å². The molecule has 0 heterocycles. The lowest BCUT2D eigenvalue weighted by Gasteiger charge is -2.12. The monoisotopic (exact) mass is 412 g/mol. The van der Waals surface area contributed by atoms with Crippen LogP contribution < -0.4 is 10.6 Å². The maximum absolute atomic E-state index is 12.0. The first kappa shape index (κ1) is 17.7. The summed E-state index contributed by atoms with van der Waals surface area (Å²) in [5.74, 6) is -0.0485. The lowest BCUT2D eigenvalue weighted by molar-refractivity contribution is -0.119. The standard InChI is InChI=1S/C16H14BrClN2O2S/c1-9-6-12(8-13(17)15(9)22)19-16(23)20-14(21)7-10-2-4-11(18)5-3-10/h2-6,8,22H,7H2,1H3,(H2,19,20,21,23). The highest BCUT2D eigenvalue weighted by molar-refractivity contribution is 9.10. The molecule has 7 heteroatoms. The Hall–Kier alpha value is -1.63. The van der Waals surface area contributed by atoms with Crippen LogP contribution >= 0.6 is 39.7 Å². The predicted molar refractivity (Wildman–Crippen MR) is 100 cm³/mol. The van der Waals surface area contributed by atoms with Gasteiger partial charge in [-0.3, -0.25) is 4.79 Å². The van der Waals surface area contributed by atoms with E-state index in [0.29, 0.717) is 20.7 Å². The molecule has 0 fully saturated rings. The number of hydrogen-bond acceptors (Lipinski definition) is 3. The van der Waals surface area contributed by atoms with Crippen molar-refractivity contribution in [2.24, 2.45) is 0 Å². The van der Waals surface area contributed by atoms with Crippen molar-refractivity contribution in [1.82, 2.24) is 5.32 Å². The minimum Gasteiger partial charge on any atom is -0.506 e. The molecule has 0 unspecified atom stereocenters. The Morgan fingerprint density at radius 3 is 2.57 bits per heavy atom. The Morgan fingerprint density at radius 1 is 1.30 bits per heavy atom. The van der Waals surface area contributed by atoms with Gasteiger partial charge in [-0.15, -0.1) is 0 Å². The molecule has 0 atom stereocenters. The minimum atomic E-state index is -0.223. The highest BCUT2D eigenvalue weighted by Gasteiger charge is 2.09. The summed E-state index contributed by atoms with van der Waals surface area (Å²) in [6.07, 6.45) is 0.206. The van der Waals surface area contributed by atoms with E-state index in [4.69, 9.17) is 23.8 Å². The molecule has 0 aliphatic carbocycles. The number of carbonyl (C=O) groups excluding carboxylic acids is 1. The van der Waals surface area contributed by atoms with Crippen LogP contribution in [0.3, 0.4) is 0 Å². The largest absolute Gasteiger partial charge is 0.506 e. The molecule has 0 saturated heterocycles. The zero-order valence-corrected chi connectivity index (χ0v) is 15.3. The average molecular weight is 414 g/mol. The summed E-state index contributed by atoms with van der Waals surface area (Å²) in [7, 11) is 0. The van der Waals surface area contributed by atoms with Crippen molar-refractivity contribution in [3.63, 3.8) is 0 Å². The maximum atomic E-state index is 12.0. The number of anilines is 1. The molecule has 4 nitrogen and oxygen atoms in total. The molecule has 0 spiro atoms. The number of carbonyl (C=O) groups is 1. The fraction of sp³-hybridized carbons (Fsp3) is 0.125. The van der Waals surface area contributed by atoms with Crippen LogP contribution in [0.5, 0.6) is 5.75 Å². The topological polar surface area (TPSA) is 61.4 Å². The fourth-order valence-corrected chi connectivity index (χ4v) is 2.85. The van der Waals surface area contributed by atoms with Gasteiger partial charge in [-0.2, -0.15) is 0 Å². The Kier molecular flexibility index (Phi) is 5.98. The normalized spacial score (nSPS) is 10.2. The molecule has 0 radical (unpaired) electrons. The number of phenols is 1. The molecule has 0 aliphatic rings. The van der Waals surface area contributed by atoms with E-state index in [9.17, 15) is 9.90 Å². The van der Waals surface area contributed by atoms with Crippen molar-refractivity contribution >= 4 is 56.5 Å². The molecule has 1 amide bonds. The van der Waals surface area contributed by atoms with Crippen LogP contribution in [0.2, 0.25) is 5.02 Å². The number of benzene rings is 2. The second-order valence-corrected chi connectivity index (χ2v) is 6.63. The third kappa shape index (κ3) is 5.20. The number of aromatic hydroxyl groups is 1. The molecule has 23 heavy (non-hydrogen) atoms. The van der Waals surface area contributed by atoms with Crippen LogP contribution in [-0.2, 0) is 11.2 Å². The molecule has 2 aromatic rings. The summed E-state index contributed by atoms with van der Waals surface area (Å²) in [4.78, 5) is 12.0. The minimum absolute atomic E-state index is 0.174. The van der Waals surface area contributed by atoms with Gasteiger partial charge in [0.15, 0.2) is 5.11 Å². The van der Waals surface area contributed by atoms with Gasteiger partial charge in [0.2, 0.25) is 5.91 Å². The van der Waals surface area contributed by atoms with Gasteiger partial charge in [0.1, 0.15) is 5.75 Å². The number of phenolic OH excluding ortho intramolecular Hbond substituents is 1. The zero-order chi connectivity index (χ0) is 17.0. The van der Waals surface area contributed by atoms with E-state index in [2.05, 4.69) is 26.6 Å². The zero-order valence-electron chi connectivity index (χ0n) is 12.2. The molecule has 0 aliphatic heterocycles. The highest BCUT2D eigenvalue weighted by atomic mass is 79.9. The quantitative estimate of drug-likeness (QED) is 0.522. The third-order valence-electron chi connectivity index (χ3n) is 3.04. The first-order valence-corrected chi connectivity index (χ1v) is 8.27. The number of halogens is 2. The van der Waals surface area contributed by atoms with E-state index in [-0.39, 0.29) is 23.2 Å². The first-order chi connectivity index (χ1) is 10.8. The summed E-state index contributed by atoms with van der Waals surface area (Å²) in [5, 5.41) is 16.1. The number of thiocarbonyl (C=S) groups is 1. The number of aryl methyl sites for hydroxylation is 1. The van der Waals surface area contributed by atoms with Gasteiger partial charge in [-0.25, -0.2) is 0 Å². The number of nitrogens with one attached hydrogen (secondary N) is 2. The maximum Gasteiger partial charge on any atom is 0.230 e. The molecule has 0 saturated carbocycles. The number of amides is 1. The smallest absolute Gasteiger partial charge is 0.230 e. The Balaban J connectivity index is 1.94. The van der Waals surface area contributed by atoms with Gasteiger partial charge >= 0.3 is 0 Å². The lowest BCUT2D eigenvalue weighted by atomic mass is 10.1. The van der Waals surface area contributed by atoms with Crippen LogP contribution in [0.4, 0.5) is 5.69 Å². The van der Waals surface area contributed by atoms with Crippen molar-refractivity contribution in [2.45, 2.75) is 13.3 Å². The van der Waals surface area contributed by atoms with Gasteiger partial charge in [-0.1, -0.05) is 23.7 Å². The Morgan fingerprint density at radius 2 is 1.96 bits per heavy atom. The van der Waals surface area contributed by atoms with Crippen LogP contribution in [0.1, 0.15) is 11.1 Å². The molecule has 120 valence electrons. The van der Waals surface area contributed by atoms with E-state index >= 15 is 0 Å². The summed E-state index contributed by atoms with van der Waals surface area (Å²) >= 11 is 14.2. The molecule has 2 rings (SSSR count). The van der Waals surface area contributed by atoms with Crippen molar-refractivity contribution < 1.29 is 9.90 Å². The SMILES string of the molecule is Cc1cc(NC(=S)NC(=O)Cc2ccc(Cl)cc2)cc(Br)c1O. The van der Waals surface area contributed by atoms with E-state index in [1.165, 1.54) is 0 Å². The van der Waals surface area contributed by atoms with Crippen LogP contribution in [-0.4, -0.2) is 16.1 Å². The predicted octanol–water partition coefficient (Wildman–Crippen LogP) is 4.17. The molecular formula is C16H14BrClN2O2S. The van der Waals surface area contributed by atoms with Gasteiger partial charge in [0, 0.05) is 10.7 Å². The molecule has 3 N–H and O–H groups in total. The van der Waals surface area contributed by atoms with Crippen LogP contribution in [0.15, 0.2) is 40.9 Å². The Labute approximate surface area is 153 Å². The second-order valence-electron chi connectivity index (χ2n) is 4.93. The highest BCUT2D eigenvalue weighted by Crippen LogP contribution is 2.30. The van der Waals surface area contributed by atoms with Crippen molar-refractivity contribution in [1.29, 1.82) is 0 Å². The summed E-state index contributed by atoms with van der Waals surface area (Å²) in [6, 6.07) is 10.5. The average Bonchev–Trinajstić information content (AvgIpc) is 2.46. The van der Waals surface area contributed by atoms with E-state index in [0.717, 1.165) is 5.56 Å². The molecule has 0 bridgehead atoms. The van der Waals surface area contributed by atoms with Crippen molar-refractivity contribution in [2.75, 3.05) is 5.32 Å². The molecular weight excluding hydrogens is 400 g/mol. The second kappa shape index (κ2) is 7.77. The number of rotatable bonds is 3. The fourth-order valence-electron chi connectivity index (χ4n) is 1.93.